The molecule has 1 amide bonds. The number of nitrogens with zero attached hydrogens (tertiary/aromatic N) is 3. The summed E-state index contributed by atoms with van der Waals surface area (Å²) in [6.45, 7) is 0. The number of aromatic nitrogens is 2. The number of benzene rings is 2. The monoisotopic (exact) mass is 348 g/mol. The lowest BCUT2D eigenvalue weighted by molar-refractivity contribution is 0.0706. The topological polar surface area (TPSA) is 126 Å². The largest absolute Gasteiger partial charge is 0.288 e. The minimum absolute atomic E-state index is 0.0408. The summed E-state index contributed by atoms with van der Waals surface area (Å²) in [5.74, 6) is -0.689. The van der Waals surface area contributed by atoms with E-state index in [1.54, 1.807) is 12.1 Å². The standard InChI is InChI=1S/C14H12N4O5S/c1-18(10-7-5-9(6-8-10)14(19)15-20)24(21,22)12-4-2-3-11-13(12)17-23-16-11/h2-8,20H,1H3,(H,15,19). The van der Waals surface area contributed by atoms with Gasteiger partial charge in [0, 0.05) is 12.6 Å². The van der Waals surface area contributed by atoms with Gasteiger partial charge in [-0.3, -0.25) is 14.3 Å². The molecule has 0 radical (unpaired) electrons. The molecule has 0 saturated carbocycles. The Kier molecular flexibility index (Phi) is 3.91. The van der Waals surface area contributed by atoms with Gasteiger partial charge in [-0.05, 0) is 46.7 Å². The molecule has 0 aliphatic heterocycles. The van der Waals surface area contributed by atoms with E-state index in [4.69, 9.17) is 5.21 Å². The molecule has 0 aliphatic rings. The zero-order valence-corrected chi connectivity index (χ0v) is 13.2. The Morgan fingerprint density at radius 3 is 2.54 bits per heavy atom. The number of anilines is 1. The van der Waals surface area contributed by atoms with Gasteiger partial charge < -0.3 is 0 Å². The Bertz CT molecular complexity index is 997. The molecule has 3 rings (SSSR count). The van der Waals surface area contributed by atoms with Crippen LogP contribution in [-0.4, -0.2) is 36.9 Å². The van der Waals surface area contributed by atoms with Crippen LogP contribution in [0.3, 0.4) is 0 Å². The quantitative estimate of drug-likeness (QED) is 0.535. The summed E-state index contributed by atoms with van der Waals surface area (Å²) >= 11 is 0. The molecule has 0 atom stereocenters. The number of hydrogen-bond acceptors (Lipinski definition) is 7. The summed E-state index contributed by atoms with van der Waals surface area (Å²) in [6.07, 6.45) is 0. The molecule has 2 aromatic carbocycles. The fourth-order valence-electron chi connectivity index (χ4n) is 2.16. The van der Waals surface area contributed by atoms with Crippen molar-refractivity contribution in [2.75, 3.05) is 11.4 Å². The molecule has 0 bridgehead atoms. The predicted molar refractivity (Wildman–Crippen MR) is 83.1 cm³/mol. The maximum absolute atomic E-state index is 12.8. The normalized spacial score (nSPS) is 11.4. The van der Waals surface area contributed by atoms with E-state index >= 15 is 0 Å². The van der Waals surface area contributed by atoms with Crippen LogP contribution in [0.15, 0.2) is 52.0 Å². The van der Waals surface area contributed by atoms with Gasteiger partial charge in [0.2, 0.25) is 0 Å². The summed E-state index contributed by atoms with van der Waals surface area (Å²) in [4.78, 5) is 11.3. The Labute approximate surface area is 136 Å². The second kappa shape index (κ2) is 5.91. The molecule has 0 unspecified atom stereocenters. The molecule has 0 fully saturated rings. The van der Waals surface area contributed by atoms with E-state index in [0.717, 1.165) is 4.31 Å². The zero-order valence-electron chi connectivity index (χ0n) is 12.4. The maximum atomic E-state index is 12.8. The molecule has 0 saturated heterocycles. The van der Waals surface area contributed by atoms with Crippen LogP contribution < -0.4 is 9.79 Å². The van der Waals surface area contributed by atoms with Crippen LogP contribution in [0, 0.1) is 0 Å². The summed E-state index contributed by atoms with van der Waals surface area (Å²) in [5.41, 5.74) is 2.50. The summed E-state index contributed by atoms with van der Waals surface area (Å²) in [6, 6.07) is 10.2. The van der Waals surface area contributed by atoms with Crippen LogP contribution in [0.4, 0.5) is 5.69 Å². The minimum Gasteiger partial charge on any atom is -0.288 e. The van der Waals surface area contributed by atoms with E-state index in [1.807, 2.05) is 0 Å². The van der Waals surface area contributed by atoms with Crippen molar-refractivity contribution < 1.29 is 23.0 Å². The number of hydrogen-bond donors (Lipinski definition) is 2. The van der Waals surface area contributed by atoms with E-state index < -0.39 is 15.9 Å². The van der Waals surface area contributed by atoms with Crippen molar-refractivity contribution in [1.82, 2.24) is 15.8 Å². The third-order valence-electron chi connectivity index (χ3n) is 3.48. The van der Waals surface area contributed by atoms with Crippen molar-refractivity contribution in [3.8, 4) is 0 Å². The van der Waals surface area contributed by atoms with E-state index in [9.17, 15) is 13.2 Å². The molecule has 0 aliphatic carbocycles. The number of sulfonamides is 1. The molecule has 1 aromatic heterocycles. The first-order chi connectivity index (χ1) is 11.4. The number of nitrogens with one attached hydrogen (secondary N) is 1. The second-order valence-electron chi connectivity index (χ2n) is 4.85. The lowest BCUT2D eigenvalue weighted by atomic mass is 10.2. The highest BCUT2D eigenvalue weighted by molar-refractivity contribution is 7.93. The first kappa shape index (κ1) is 15.9. The number of rotatable bonds is 4. The van der Waals surface area contributed by atoms with Gasteiger partial charge in [0.25, 0.3) is 15.9 Å². The molecule has 0 spiro atoms. The molecule has 9 nitrogen and oxygen atoms in total. The lowest BCUT2D eigenvalue weighted by Crippen LogP contribution is -2.27. The maximum Gasteiger partial charge on any atom is 0.274 e. The van der Waals surface area contributed by atoms with Gasteiger partial charge in [-0.2, -0.15) is 0 Å². The van der Waals surface area contributed by atoms with Gasteiger partial charge in [0.05, 0.1) is 5.69 Å². The Balaban J connectivity index is 2.00. The van der Waals surface area contributed by atoms with Crippen LogP contribution >= 0.6 is 0 Å². The zero-order chi connectivity index (χ0) is 17.3. The smallest absolute Gasteiger partial charge is 0.274 e. The van der Waals surface area contributed by atoms with E-state index in [-0.39, 0.29) is 16.0 Å². The van der Waals surface area contributed by atoms with E-state index in [1.165, 1.54) is 42.9 Å². The number of hydroxylamine groups is 1. The van der Waals surface area contributed by atoms with E-state index in [0.29, 0.717) is 11.2 Å². The van der Waals surface area contributed by atoms with Crippen LogP contribution in [0.5, 0.6) is 0 Å². The third kappa shape index (κ3) is 2.57. The number of amides is 1. The average molecular weight is 348 g/mol. The number of fused-ring (bicyclic) bond motifs is 1. The number of carbonyl (C=O) groups is 1. The molecule has 2 N–H and O–H groups in total. The van der Waals surface area contributed by atoms with Crippen LogP contribution in [0.25, 0.3) is 11.0 Å². The van der Waals surface area contributed by atoms with E-state index in [2.05, 4.69) is 14.9 Å². The Morgan fingerprint density at radius 1 is 1.17 bits per heavy atom. The highest BCUT2D eigenvalue weighted by Crippen LogP contribution is 2.26. The molecule has 3 aromatic rings. The van der Waals surface area contributed by atoms with Crippen LogP contribution in [0.2, 0.25) is 0 Å². The van der Waals surface area contributed by atoms with Gasteiger partial charge in [-0.1, -0.05) is 6.07 Å². The predicted octanol–water partition coefficient (Wildman–Crippen LogP) is 1.17. The molecule has 10 heteroatoms. The fraction of sp³-hybridized carbons (Fsp3) is 0.0714. The second-order valence-corrected chi connectivity index (χ2v) is 6.79. The van der Waals surface area contributed by atoms with Crippen molar-refractivity contribution in [3.63, 3.8) is 0 Å². The van der Waals surface area contributed by atoms with Gasteiger partial charge in [0.1, 0.15) is 10.4 Å². The molecule has 24 heavy (non-hydrogen) atoms. The SMILES string of the molecule is CN(c1ccc(C(=O)NO)cc1)S(=O)(=O)c1cccc2nonc12. The van der Waals surface area contributed by atoms with Crippen molar-refractivity contribution in [1.29, 1.82) is 0 Å². The highest BCUT2D eigenvalue weighted by atomic mass is 32.2. The Hall–Kier alpha value is -2.98. The van der Waals surface area contributed by atoms with Crippen LogP contribution in [-0.2, 0) is 10.0 Å². The third-order valence-corrected chi connectivity index (χ3v) is 5.30. The summed E-state index contributed by atoms with van der Waals surface area (Å²) in [5, 5.41) is 15.9. The first-order valence-corrected chi connectivity index (χ1v) is 8.14. The highest BCUT2D eigenvalue weighted by Gasteiger charge is 2.25. The van der Waals surface area contributed by atoms with Crippen molar-refractivity contribution in [3.05, 3.63) is 48.0 Å². The fourth-order valence-corrected chi connectivity index (χ4v) is 3.49. The van der Waals surface area contributed by atoms with Crippen molar-refractivity contribution >= 4 is 32.7 Å². The van der Waals surface area contributed by atoms with Crippen LogP contribution in [0.1, 0.15) is 10.4 Å². The summed E-state index contributed by atoms with van der Waals surface area (Å²) in [7, 11) is -2.53. The molecular weight excluding hydrogens is 336 g/mol. The van der Waals surface area contributed by atoms with Gasteiger partial charge in [-0.15, -0.1) is 0 Å². The van der Waals surface area contributed by atoms with Gasteiger partial charge in [0.15, 0.2) is 5.52 Å². The molecule has 1 heterocycles. The van der Waals surface area contributed by atoms with Gasteiger partial charge >= 0.3 is 0 Å². The minimum atomic E-state index is -3.91. The average Bonchev–Trinajstić information content (AvgIpc) is 3.09. The lowest BCUT2D eigenvalue weighted by Gasteiger charge is -2.19. The number of carbonyl (C=O) groups excluding carboxylic acids is 1. The molecule has 124 valence electrons. The first-order valence-electron chi connectivity index (χ1n) is 6.70. The Morgan fingerprint density at radius 2 is 1.88 bits per heavy atom. The summed E-state index contributed by atoms with van der Waals surface area (Å²) < 4.78 is 31.3. The van der Waals surface area contributed by atoms with Gasteiger partial charge in [-0.25, -0.2) is 18.5 Å². The van der Waals surface area contributed by atoms with Crippen molar-refractivity contribution in [2.24, 2.45) is 0 Å². The molecular formula is C14H12N4O5S. The van der Waals surface area contributed by atoms with Crippen molar-refractivity contribution in [2.45, 2.75) is 4.90 Å².